The summed E-state index contributed by atoms with van der Waals surface area (Å²) >= 11 is 0. The van der Waals surface area contributed by atoms with Crippen LogP contribution in [0.4, 0.5) is 5.69 Å². The van der Waals surface area contributed by atoms with Crippen molar-refractivity contribution in [1.29, 1.82) is 0 Å². The molecule has 4 aromatic rings. The Balaban J connectivity index is 1.49. The van der Waals surface area contributed by atoms with Crippen LogP contribution in [-0.2, 0) is 4.79 Å². The van der Waals surface area contributed by atoms with Crippen molar-refractivity contribution < 1.29 is 14.0 Å². The van der Waals surface area contributed by atoms with Crippen LogP contribution in [0.15, 0.2) is 65.5 Å². The lowest BCUT2D eigenvalue weighted by Crippen LogP contribution is -2.32. The van der Waals surface area contributed by atoms with Crippen LogP contribution in [0.1, 0.15) is 21.7 Å². The molecule has 4 rings (SSSR count). The number of amides is 2. The minimum absolute atomic E-state index is 0.156. The van der Waals surface area contributed by atoms with Crippen molar-refractivity contribution in [2.45, 2.75) is 13.8 Å². The van der Waals surface area contributed by atoms with Crippen LogP contribution in [0.25, 0.3) is 16.9 Å². The Morgan fingerprint density at radius 1 is 1.14 bits per heavy atom. The summed E-state index contributed by atoms with van der Waals surface area (Å²) in [7, 11) is 0. The van der Waals surface area contributed by atoms with Gasteiger partial charge in [-0.2, -0.15) is 0 Å². The standard InChI is InChI=1S/C22H20N4O3/c1-14-7-8-26-13-18(24-20(26)10-14)16-6-5-15(2)17(11-16)25-21(27)12-23-22(28)19-4-3-9-29-19/h3-11,13H,12H2,1-2H3,(H,23,28)(H,25,27). The van der Waals surface area contributed by atoms with Gasteiger partial charge in [0.1, 0.15) is 5.65 Å². The number of aryl methyl sites for hydroxylation is 2. The Kier molecular flexibility index (Phi) is 4.87. The number of furan rings is 1. The highest BCUT2D eigenvalue weighted by molar-refractivity contribution is 5.98. The molecule has 0 atom stereocenters. The molecule has 0 aliphatic carbocycles. The summed E-state index contributed by atoms with van der Waals surface area (Å²) in [5, 5.41) is 5.38. The van der Waals surface area contributed by atoms with Gasteiger partial charge in [0.05, 0.1) is 18.5 Å². The number of aromatic nitrogens is 2. The van der Waals surface area contributed by atoms with E-state index in [0.29, 0.717) is 5.69 Å². The smallest absolute Gasteiger partial charge is 0.287 e. The first-order valence-corrected chi connectivity index (χ1v) is 9.17. The van der Waals surface area contributed by atoms with Crippen LogP contribution in [0, 0.1) is 13.8 Å². The number of carbonyl (C=O) groups is 2. The summed E-state index contributed by atoms with van der Waals surface area (Å²) in [6, 6.07) is 13.0. The molecule has 29 heavy (non-hydrogen) atoms. The molecule has 1 aromatic carbocycles. The molecule has 3 aromatic heterocycles. The number of nitrogens with one attached hydrogen (secondary N) is 2. The van der Waals surface area contributed by atoms with Crippen molar-refractivity contribution in [2.75, 3.05) is 11.9 Å². The van der Waals surface area contributed by atoms with E-state index in [1.165, 1.54) is 12.3 Å². The molecule has 3 heterocycles. The number of carbonyl (C=O) groups excluding carboxylic acids is 2. The summed E-state index contributed by atoms with van der Waals surface area (Å²) < 4.78 is 6.97. The van der Waals surface area contributed by atoms with E-state index >= 15 is 0 Å². The minimum Gasteiger partial charge on any atom is -0.459 e. The molecule has 0 saturated carbocycles. The molecule has 7 nitrogen and oxygen atoms in total. The fourth-order valence-electron chi connectivity index (χ4n) is 2.99. The lowest BCUT2D eigenvalue weighted by Gasteiger charge is -2.10. The van der Waals surface area contributed by atoms with Gasteiger partial charge in [0, 0.05) is 23.6 Å². The number of pyridine rings is 1. The second-order valence-electron chi connectivity index (χ2n) is 6.83. The van der Waals surface area contributed by atoms with Gasteiger partial charge < -0.3 is 19.5 Å². The second-order valence-corrected chi connectivity index (χ2v) is 6.83. The van der Waals surface area contributed by atoms with Crippen molar-refractivity contribution in [3.63, 3.8) is 0 Å². The Labute approximate surface area is 167 Å². The third kappa shape index (κ3) is 4.03. The number of nitrogens with zero attached hydrogens (tertiary/aromatic N) is 2. The van der Waals surface area contributed by atoms with Crippen molar-refractivity contribution in [3.8, 4) is 11.3 Å². The number of rotatable bonds is 5. The zero-order valence-electron chi connectivity index (χ0n) is 16.1. The summed E-state index contributed by atoms with van der Waals surface area (Å²) in [4.78, 5) is 28.8. The minimum atomic E-state index is -0.435. The quantitative estimate of drug-likeness (QED) is 0.547. The summed E-state index contributed by atoms with van der Waals surface area (Å²) in [5.74, 6) is -0.593. The molecule has 2 amide bonds. The van der Waals surface area contributed by atoms with Crippen LogP contribution in [-0.4, -0.2) is 27.7 Å². The molecule has 7 heteroatoms. The van der Waals surface area contributed by atoms with Crippen molar-refractivity contribution in [3.05, 3.63) is 78.0 Å². The van der Waals surface area contributed by atoms with Gasteiger partial charge in [-0.15, -0.1) is 0 Å². The number of benzene rings is 1. The van der Waals surface area contributed by atoms with Crippen LogP contribution >= 0.6 is 0 Å². The predicted molar refractivity (Wildman–Crippen MR) is 110 cm³/mol. The number of hydrogen-bond acceptors (Lipinski definition) is 4. The topological polar surface area (TPSA) is 88.6 Å². The van der Waals surface area contributed by atoms with Gasteiger partial charge in [-0.1, -0.05) is 12.1 Å². The predicted octanol–water partition coefficient (Wildman–Crippen LogP) is 3.58. The lowest BCUT2D eigenvalue weighted by atomic mass is 10.1. The van der Waals surface area contributed by atoms with Gasteiger partial charge in [-0.3, -0.25) is 9.59 Å². The van der Waals surface area contributed by atoms with E-state index in [2.05, 4.69) is 15.6 Å². The molecule has 2 N–H and O–H groups in total. The molecule has 0 unspecified atom stereocenters. The molecule has 0 aliphatic heterocycles. The van der Waals surface area contributed by atoms with E-state index in [-0.39, 0.29) is 18.2 Å². The summed E-state index contributed by atoms with van der Waals surface area (Å²) in [6.07, 6.45) is 5.33. The van der Waals surface area contributed by atoms with Crippen LogP contribution < -0.4 is 10.6 Å². The normalized spacial score (nSPS) is 10.8. The zero-order chi connectivity index (χ0) is 20.4. The molecule has 0 radical (unpaired) electrons. The van der Waals surface area contributed by atoms with Gasteiger partial charge in [-0.25, -0.2) is 4.98 Å². The Morgan fingerprint density at radius 2 is 2.00 bits per heavy atom. The van der Waals surface area contributed by atoms with Crippen molar-refractivity contribution in [1.82, 2.24) is 14.7 Å². The fourth-order valence-corrected chi connectivity index (χ4v) is 2.99. The fraction of sp³-hybridized carbons (Fsp3) is 0.136. The van der Waals surface area contributed by atoms with Crippen LogP contribution in [0.3, 0.4) is 0 Å². The Hall–Kier alpha value is -3.87. The monoisotopic (exact) mass is 388 g/mol. The zero-order valence-corrected chi connectivity index (χ0v) is 16.1. The summed E-state index contributed by atoms with van der Waals surface area (Å²) in [6.45, 7) is 3.78. The first-order chi connectivity index (χ1) is 14.0. The van der Waals surface area contributed by atoms with Gasteiger partial charge >= 0.3 is 0 Å². The third-order valence-electron chi connectivity index (χ3n) is 4.58. The highest BCUT2D eigenvalue weighted by Crippen LogP contribution is 2.25. The average molecular weight is 388 g/mol. The maximum absolute atomic E-state index is 12.3. The number of hydrogen-bond donors (Lipinski definition) is 2. The highest BCUT2D eigenvalue weighted by Gasteiger charge is 2.12. The maximum atomic E-state index is 12.3. The van der Waals surface area contributed by atoms with Gasteiger partial charge in [0.2, 0.25) is 5.91 Å². The lowest BCUT2D eigenvalue weighted by molar-refractivity contribution is -0.115. The molecule has 0 fully saturated rings. The second kappa shape index (κ2) is 7.63. The average Bonchev–Trinajstić information content (AvgIpc) is 3.37. The Morgan fingerprint density at radius 3 is 2.79 bits per heavy atom. The number of anilines is 1. The van der Waals surface area contributed by atoms with E-state index in [9.17, 15) is 9.59 Å². The maximum Gasteiger partial charge on any atom is 0.287 e. The van der Waals surface area contributed by atoms with Crippen molar-refractivity contribution >= 4 is 23.1 Å². The molecule has 0 spiro atoms. The molecular weight excluding hydrogens is 368 g/mol. The van der Waals surface area contributed by atoms with Gasteiger partial charge in [0.15, 0.2) is 5.76 Å². The molecule has 0 bridgehead atoms. The van der Waals surface area contributed by atoms with Crippen LogP contribution in [0.2, 0.25) is 0 Å². The van der Waals surface area contributed by atoms with Gasteiger partial charge in [-0.05, 0) is 55.3 Å². The van der Waals surface area contributed by atoms with E-state index < -0.39 is 5.91 Å². The molecule has 0 saturated heterocycles. The number of fused-ring (bicyclic) bond motifs is 1. The first-order valence-electron chi connectivity index (χ1n) is 9.17. The van der Waals surface area contributed by atoms with E-state index in [4.69, 9.17) is 4.42 Å². The Bertz CT molecular complexity index is 1190. The van der Waals surface area contributed by atoms with Crippen LogP contribution in [0.5, 0.6) is 0 Å². The highest BCUT2D eigenvalue weighted by atomic mass is 16.3. The van der Waals surface area contributed by atoms with E-state index in [1.54, 1.807) is 6.07 Å². The van der Waals surface area contributed by atoms with E-state index in [1.807, 2.05) is 61.0 Å². The van der Waals surface area contributed by atoms with E-state index in [0.717, 1.165) is 28.0 Å². The third-order valence-corrected chi connectivity index (χ3v) is 4.58. The number of imidazole rings is 1. The summed E-state index contributed by atoms with van der Waals surface area (Å²) in [5.41, 5.74) is 5.31. The molecule has 0 aliphatic rings. The SMILES string of the molecule is Cc1ccn2cc(-c3ccc(C)c(NC(=O)CNC(=O)c4ccco4)c3)nc2c1. The largest absolute Gasteiger partial charge is 0.459 e. The molecule has 146 valence electrons. The molecular formula is C22H20N4O3. The van der Waals surface area contributed by atoms with Crippen molar-refractivity contribution in [2.24, 2.45) is 0 Å². The van der Waals surface area contributed by atoms with Gasteiger partial charge in [0.25, 0.3) is 5.91 Å². The first kappa shape index (κ1) is 18.5.